The average Bonchev–Trinajstić information content (AvgIpc) is 2.45. The van der Waals surface area contributed by atoms with E-state index in [1.807, 2.05) is 20.8 Å². The van der Waals surface area contributed by atoms with E-state index in [0.717, 1.165) is 5.56 Å². The third-order valence-electron chi connectivity index (χ3n) is 3.22. The lowest BCUT2D eigenvalue weighted by Crippen LogP contribution is -2.28. The van der Waals surface area contributed by atoms with Crippen molar-refractivity contribution in [3.05, 3.63) is 29.3 Å². The van der Waals surface area contributed by atoms with Gasteiger partial charge in [-0.15, -0.1) is 12.4 Å². The van der Waals surface area contributed by atoms with E-state index in [1.165, 1.54) is 0 Å². The van der Waals surface area contributed by atoms with Gasteiger partial charge in [-0.25, -0.2) is 0 Å². The Morgan fingerprint density at radius 1 is 1.23 bits per heavy atom. The van der Waals surface area contributed by atoms with Crippen LogP contribution in [0.15, 0.2) is 18.2 Å². The zero-order chi connectivity index (χ0) is 16.0. The highest BCUT2D eigenvalue weighted by Gasteiger charge is 2.13. The smallest absolute Gasteiger partial charge is 0.251 e. The molecule has 6 heteroatoms. The Hall–Kier alpha value is -1.59. The van der Waals surface area contributed by atoms with E-state index in [2.05, 4.69) is 10.6 Å². The van der Waals surface area contributed by atoms with Crippen LogP contribution in [0.4, 0.5) is 5.69 Å². The van der Waals surface area contributed by atoms with Crippen LogP contribution >= 0.6 is 12.4 Å². The molecule has 1 atom stereocenters. The fourth-order valence-electron chi connectivity index (χ4n) is 1.71. The van der Waals surface area contributed by atoms with Crippen LogP contribution in [-0.2, 0) is 4.79 Å². The van der Waals surface area contributed by atoms with Crippen molar-refractivity contribution in [2.24, 2.45) is 17.6 Å². The van der Waals surface area contributed by atoms with Gasteiger partial charge in [0.2, 0.25) is 5.91 Å². The number of hydrogen-bond donors (Lipinski definition) is 3. The predicted octanol–water partition coefficient (Wildman–Crippen LogP) is 2.34. The lowest BCUT2D eigenvalue weighted by atomic mass is 10.1. The first-order valence-electron chi connectivity index (χ1n) is 7.25. The summed E-state index contributed by atoms with van der Waals surface area (Å²) in [5.41, 5.74) is 7.63. The SMILES string of the molecule is Cc1cc(C(=O)NCC(C)C)ccc1NC(=O)C(C)CN.Cl. The Labute approximate surface area is 138 Å². The summed E-state index contributed by atoms with van der Waals surface area (Å²) in [7, 11) is 0. The summed E-state index contributed by atoms with van der Waals surface area (Å²) in [5, 5.41) is 5.70. The van der Waals surface area contributed by atoms with Crippen molar-refractivity contribution in [3.8, 4) is 0 Å². The van der Waals surface area contributed by atoms with Crippen LogP contribution in [0.5, 0.6) is 0 Å². The number of nitrogens with one attached hydrogen (secondary N) is 2. The molecule has 0 saturated carbocycles. The van der Waals surface area contributed by atoms with Gasteiger partial charge in [-0.05, 0) is 36.6 Å². The number of nitrogens with two attached hydrogens (primary N) is 1. The molecule has 0 saturated heterocycles. The van der Waals surface area contributed by atoms with E-state index in [4.69, 9.17) is 5.73 Å². The largest absolute Gasteiger partial charge is 0.352 e. The molecule has 0 bridgehead atoms. The maximum Gasteiger partial charge on any atom is 0.251 e. The molecule has 4 N–H and O–H groups in total. The van der Waals surface area contributed by atoms with E-state index in [-0.39, 0.29) is 30.1 Å². The summed E-state index contributed by atoms with van der Waals surface area (Å²) in [6.45, 7) is 8.68. The summed E-state index contributed by atoms with van der Waals surface area (Å²) in [6, 6.07) is 5.24. The number of carbonyl (C=O) groups is 2. The van der Waals surface area contributed by atoms with E-state index >= 15 is 0 Å². The highest BCUT2D eigenvalue weighted by molar-refractivity contribution is 5.97. The summed E-state index contributed by atoms with van der Waals surface area (Å²) >= 11 is 0. The van der Waals surface area contributed by atoms with Crippen molar-refractivity contribution in [1.29, 1.82) is 0 Å². The molecule has 1 aromatic carbocycles. The van der Waals surface area contributed by atoms with Gasteiger partial charge in [-0.3, -0.25) is 9.59 Å². The Morgan fingerprint density at radius 2 is 1.86 bits per heavy atom. The van der Waals surface area contributed by atoms with Crippen molar-refractivity contribution in [1.82, 2.24) is 5.32 Å². The molecule has 0 aliphatic heterocycles. The molecule has 0 heterocycles. The molecule has 2 amide bonds. The van der Waals surface area contributed by atoms with Gasteiger partial charge in [0, 0.05) is 30.3 Å². The molecular weight excluding hydrogens is 302 g/mol. The monoisotopic (exact) mass is 327 g/mol. The van der Waals surface area contributed by atoms with Crippen LogP contribution in [0, 0.1) is 18.8 Å². The summed E-state index contributed by atoms with van der Waals surface area (Å²) < 4.78 is 0. The maximum atomic E-state index is 12.0. The molecule has 0 aromatic heterocycles. The van der Waals surface area contributed by atoms with Crippen molar-refractivity contribution >= 4 is 29.9 Å². The standard InChI is InChI=1S/C16H25N3O2.ClH/c1-10(2)9-18-16(21)13-5-6-14(11(3)7-13)19-15(20)12(4)8-17;/h5-7,10,12H,8-9,17H2,1-4H3,(H,18,21)(H,19,20);1H. The molecule has 0 aliphatic carbocycles. The lowest BCUT2D eigenvalue weighted by Gasteiger charge is -2.13. The van der Waals surface area contributed by atoms with E-state index in [9.17, 15) is 9.59 Å². The zero-order valence-electron chi connectivity index (χ0n) is 13.6. The molecule has 0 radical (unpaired) electrons. The first-order chi connectivity index (χ1) is 9.85. The quantitative estimate of drug-likeness (QED) is 0.749. The highest BCUT2D eigenvalue weighted by Crippen LogP contribution is 2.17. The topological polar surface area (TPSA) is 84.2 Å². The van der Waals surface area contributed by atoms with Crippen molar-refractivity contribution < 1.29 is 9.59 Å². The second kappa shape index (κ2) is 9.43. The molecule has 1 aromatic rings. The Morgan fingerprint density at radius 3 is 2.36 bits per heavy atom. The van der Waals surface area contributed by atoms with Crippen molar-refractivity contribution in [2.45, 2.75) is 27.7 Å². The van der Waals surface area contributed by atoms with E-state index in [0.29, 0.717) is 30.3 Å². The summed E-state index contributed by atoms with van der Waals surface area (Å²) in [5.74, 6) is -0.0395. The highest BCUT2D eigenvalue weighted by atomic mass is 35.5. The predicted molar refractivity (Wildman–Crippen MR) is 92.4 cm³/mol. The third kappa shape index (κ3) is 6.03. The number of halogens is 1. The van der Waals surface area contributed by atoms with Gasteiger partial charge >= 0.3 is 0 Å². The fourth-order valence-corrected chi connectivity index (χ4v) is 1.71. The van der Waals surface area contributed by atoms with Gasteiger partial charge in [-0.2, -0.15) is 0 Å². The number of rotatable bonds is 6. The van der Waals surface area contributed by atoms with Crippen LogP contribution < -0.4 is 16.4 Å². The molecule has 22 heavy (non-hydrogen) atoms. The van der Waals surface area contributed by atoms with Crippen LogP contribution in [-0.4, -0.2) is 24.9 Å². The van der Waals surface area contributed by atoms with Crippen LogP contribution in [0.1, 0.15) is 36.7 Å². The molecule has 124 valence electrons. The van der Waals surface area contributed by atoms with E-state index < -0.39 is 0 Å². The lowest BCUT2D eigenvalue weighted by molar-refractivity contribution is -0.119. The van der Waals surface area contributed by atoms with Gasteiger partial charge in [0.15, 0.2) is 0 Å². The Balaban J connectivity index is 0.00000441. The second-order valence-electron chi connectivity index (χ2n) is 5.76. The number of benzene rings is 1. The zero-order valence-corrected chi connectivity index (χ0v) is 14.4. The summed E-state index contributed by atoms with van der Waals surface area (Å²) in [4.78, 5) is 23.8. The van der Waals surface area contributed by atoms with Crippen molar-refractivity contribution in [3.63, 3.8) is 0 Å². The number of carbonyl (C=O) groups excluding carboxylic acids is 2. The number of amides is 2. The molecule has 1 unspecified atom stereocenters. The van der Waals surface area contributed by atoms with Gasteiger partial charge in [0.1, 0.15) is 0 Å². The first kappa shape index (κ1) is 20.4. The molecule has 0 spiro atoms. The Kier molecular flexibility index (Phi) is 8.75. The van der Waals surface area contributed by atoms with E-state index in [1.54, 1.807) is 25.1 Å². The van der Waals surface area contributed by atoms with Crippen molar-refractivity contribution in [2.75, 3.05) is 18.4 Å². The minimum Gasteiger partial charge on any atom is -0.352 e. The maximum absolute atomic E-state index is 12.0. The first-order valence-corrected chi connectivity index (χ1v) is 7.25. The van der Waals surface area contributed by atoms with Gasteiger partial charge in [0.25, 0.3) is 5.91 Å². The average molecular weight is 328 g/mol. The molecule has 1 rings (SSSR count). The Bertz CT molecular complexity index is 518. The number of anilines is 1. The minimum atomic E-state index is -0.238. The second-order valence-corrected chi connectivity index (χ2v) is 5.76. The molecule has 0 fully saturated rings. The minimum absolute atomic E-state index is 0. The number of hydrogen-bond acceptors (Lipinski definition) is 3. The fraction of sp³-hybridized carbons (Fsp3) is 0.500. The van der Waals surface area contributed by atoms with Gasteiger partial charge in [-0.1, -0.05) is 20.8 Å². The third-order valence-corrected chi connectivity index (χ3v) is 3.22. The van der Waals surface area contributed by atoms with Crippen LogP contribution in [0.2, 0.25) is 0 Å². The number of aryl methyl sites for hydroxylation is 1. The van der Waals surface area contributed by atoms with Gasteiger partial charge < -0.3 is 16.4 Å². The molecular formula is C16H26ClN3O2. The molecule has 0 aliphatic rings. The molecule has 5 nitrogen and oxygen atoms in total. The van der Waals surface area contributed by atoms with Crippen LogP contribution in [0.3, 0.4) is 0 Å². The normalized spacial score (nSPS) is 11.5. The van der Waals surface area contributed by atoms with Gasteiger partial charge in [0.05, 0.1) is 0 Å². The summed E-state index contributed by atoms with van der Waals surface area (Å²) in [6.07, 6.45) is 0. The van der Waals surface area contributed by atoms with Crippen LogP contribution in [0.25, 0.3) is 0 Å².